The Bertz CT molecular complexity index is 147. The second-order valence-electron chi connectivity index (χ2n) is 3.24. The third kappa shape index (κ3) is 10.2. The summed E-state index contributed by atoms with van der Waals surface area (Å²) in [6.07, 6.45) is 2.38. The van der Waals surface area contributed by atoms with Crippen LogP contribution in [0.25, 0.3) is 0 Å². The van der Waals surface area contributed by atoms with Crippen LogP contribution in [0.3, 0.4) is 0 Å². The van der Waals surface area contributed by atoms with Gasteiger partial charge in [0.1, 0.15) is 0 Å². The Labute approximate surface area is 90.9 Å². The summed E-state index contributed by atoms with van der Waals surface area (Å²) < 4.78 is 0. The highest BCUT2D eigenvalue weighted by atomic mass is 35.5. The molecule has 0 aliphatic heterocycles. The lowest BCUT2D eigenvalue weighted by Gasteiger charge is -2.08. The van der Waals surface area contributed by atoms with Crippen LogP contribution in [0.5, 0.6) is 0 Å². The standard InChI is InChI=1S/C9H18Cl2N2/c1-13(2)6-4-3-5-12-8-9(11)7-10/h7,12H,3-6,8H2,1-2H3. The molecular weight excluding hydrogens is 207 g/mol. The van der Waals surface area contributed by atoms with Gasteiger partial charge in [-0.1, -0.05) is 23.2 Å². The maximum absolute atomic E-state index is 5.69. The number of hydrogen-bond acceptors (Lipinski definition) is 2. The van der Waals surface area contributed by atoms with E-state index < -0.39 is 0 Å². The van der Waals surface area contributed by atoms with Crippen molar-refractivity contribution in [2.45, 2.75) is 12.8 Å². The Morgan fingerprint density at radius 3 is 2.62 bits per heavy atom. The first-order valence-electron chi connectivity index (χ1n) is 4.47. The second kappa shape index (κ2) is 8.82. The van der Waals surface area contributed by atoms with Gasteiger partial charge >= 0.3 is 0 Å². The smallest absolute Gasteiger partial charge is 0.0431 e. The van der Waals surface area contributed by atoms with Crippen LogP contribution in [0, 0.1) is 0 Å². The fourth-order valence-corrected chi connectivity index (χ4v) is 1.10. The molecule has 0 fully saturated rings. The van der Waals surface area contributed by atoms with Gasteiger partial charge in [0, 0.05) is 17.1 Å². The third-order valence-electron chi connectivity index (χ3n) is 1.62. The largest absolute Gasteiger partial charge is 0.312 e. The van der Waals surface area contributed by atoms with E-state index in [4.69, 9.17) is 23.2 Å². The molecule has 0 bridgehead atoms. The molecule has 0 aromatic carbocycles. The summed E-state index contributed by atoms with van der Waals surface area (Å²) in [5.41, 5.74) is 1.40. The van der Waals surface area contributed by atoms with Crippen molar-refractivity contribution in [3.8, 4) is 0 Å². The summed E-state index contributed by atoms with van der Waals surface area (Å²) in [7, 11) is 4.17. The van der Waals surface area contributed by atoms with Gasteiger partial charge in [0.25, 0.3) is 0 Å². The number of nitrogens with zero attached hydrogens (tertiary/aromatic N) is 1. The second-order valence-corrected chi connectivity index (χ2v) is 3.95. The van der Waals surface area contributed by atoms with Crippen molar-refractivity contribution < 1.29 is 0 Å². The minimum atomic E-state index is 0.661. The highest BCUT2D eigenvalue weighted by molar-refractivity contribution is 6.36. The maximum Gasteiger partial charge on any atom is 0.0431 e. The van der Waals surface area contributed by atoms with E-state index in [1.807, 2.05) is 0 Å². The van der Waals surface area contributed by atoms with Gasteiger partial charge in [-0.05, 0) is 40.0 Å². The van der Waals surface area contributed by atoms with Crippen LogP contribution in [0.2, 0.25) is 0 Å². The SMILES string of the molecule is CN(C)CCCCNCC(Cl)=CCl. The molecule has 78 valence electrons. The van der Waals surface area contributed by atoms with Gasteiger partial charge < -0.3 is 10.2 Å². The van der Waals surface area contributed by atoms with Gasteiger partial charge in [-0.15, -0.1) is 0 Å². The monoisotopic (exact) mass is 224 g/mol. The van der Waals surface area contributed by atoms with Crippen LogP contribution in [-0.2, 0) is 0 Å². The molecule has 0 saturated carbocycles. The lowest BCUT2D eigenvalue weighted by Crippen LogP contribution is -2.19. The molecule has 0 rings (SSSR count). The highest BCUT2D eigenvalue weighted by Gasteiger charge is 1.92. The minimum Gasteiger partial charge on any atom is -0.312 e. The molecule has 0 saturated heterocycles. The molecule has 0 heterocycles. The van der Waals surface area contributed by atoms with E-state index in [9.17, 15) is 0 Å². The summed E-state index contributed by atoms with van der Waals surface area (Å²) in [4.78, 5) is 2.19. The lowest BCUT2D eigenvalue weighted by atomic mass is 10.3. The number of rotatable bonds is 7. The Balaban J connectivity index is 3.09. The van der Waals surface area contributed by atoms with Crippen molar-refractivity contribution >= 4 is 23.2 Å². The Hall–Kier alpha value is 0.240. The first-order valence-corrected chi connectivity index (χ1v) is 5.28. The summed E-state index contributed by atoms with van der Waals surface area (Å²) in [5, 5.41) is 3.87. The topological polar surface area (TPSA) is 15.3 Å². The zero-order valence-electron chi connectivity index (χ0n) is 8.32. The summed E-state index contributed by atoms with van der Waals surface area (Å²) >= 11 is 11.1. The lowest BCUT2D eigenvalue weighted by molar-refractivity contribution is 0.392. The minimum absolute atomic E-state index is 0.661. The summed E-state index contributed by atoms with van der Waals surface area (Å²) in [5.74, 6) is 0. The van der Waals surface area contributed by atoms with E-state index >= 15 is 0 Å². The number of hydrogen-bond donors (Lipinski definition) is 1. The first-order chi connectivity index (χ1) is 6.16. The molecule has 0 spiro atoms. The van der Waals surface area contributed by atoms with Crippen LogP contribution < -0.4 is 5.32 Å². The Morgan fingerprint density at radius 1 is 1.38 bits per heavy atom. The molecule has 2 nitrogen and oxygen atoms in total. The quantitative estimate of drug-likeness (QED) is 0.668. The van der Waals surface area contributed by atoms with Gasteiger partial charge in [0.15, 0.2) is 0 Å². The summed E-state index contributed by atoms with van der Waals surface area (Å²) in [6, 6.07) is 0. The molecule has 0 amide bonds. The molecule has 0 atom stereocenters. The Morgan fingerprint density at radius 2 is 2.08 bits per heavy atom. The van der Waals surface area contributed by atoms with E-state index in [1.165, 1.54) is 18.4 Å². The highest BCUT2D eigenvalue weighted by Crippen LogP contribution is 2.00. The molecule has 0 aliphatic carbocycles. The molecule has 0 radical (unpaired) electrons. The molecule has 0 aromatic heterocycles. The summed E-state index contributed by atoms with van der Waals surface area (Å²) in [6.45, 7) is 2.81. The first kappa shape index (κ1) is 13.2. The van der Waals surface area contributed by atoms with Crippen molar-refractivity contribution in [2.75, 3.05) is 33.7 Å². The van der Waals surface area contributed by atoms with Crippen LogP contribution in [-0.4, -0.2) is 38.6 Å². The van der Waals surface area contributed by atoms with Crippen molar-refractivity contribution in [2.24, 2.45) is 0 Å². The maximum atomic E-state index is 5.69. The average Bonchev–Trinajstić information content (AvgIpc) is 2.10. The molecular formula is C9H18Cl2N2. The van der Waals surface area contributed by atoms with E-state index in [-0.39, 0.29) is 0 Å². The molecule has 13 heavy (non-hydrogen) atoms. The van der Waals surface area contributed by atoms with Gasteiger partial charge in [0.05, 0.1) is 0 Å². The molecule has 0 unspecified atom stereocenters. The third-order valence-corrected chi connectivity index (χ3v) is 2.24. The fourth-order valence-electron chi connectivity index (χ4n) is 0.924. The molecule has 4 heteroatoms. The van der Waals surface area contributed by atoms with Gasteiger partial charge in [-0.2, -0.15) is 0 Å². The van der Waals surface area contributed by atoms with Crippen molar-refractivity contribution in [3.05, 3.63) is 10.6 Å². The normalized spacial score (nSPS) is 12.5. The average molecular weight is 225 g/mol. The van der Waals surface area contributed by atoms with Crippen LogP contribution >= 0.6 is 23.2 Å². The van der Waals surface area contributed by atoms with Crippen molar-refractivity contribution in [1.29, 1.82) is 0 Å². The predicted molar refractivity (Wildman–Crippen MR) is 60.4 cm³/mol. The fraction of sp³-hybridized carbons (Fsp3) is 0.778. The number of nitrogens with one attached hydrogen (secondary N) is 1. The zero-order valence-corrected chi connectivity index (χ0v) is 9.83. The van der Waals surface area contributed by atoms with Gasteiger partial charge in [0.2, 0.25) is 0 Å². The number of halogens is 2. The van der Waals surface area contributed by atoms with E-state index in [1.54, 1.807) is 0 Å². The van der Waals surface area contributed by atoms with E-state index in [0.29, 0.717) is 11.6 Å². The molecule has 1 N–H and O–H groups in total. The predicted octanol–water partition coefficient (Wildman–Crippen LogP) is 2.24. The number of unbranched alkanes of at least 4 members (excludes halogenated alkanes) is 1. The van der Waals surface area contributed by atoms with E-state index in [2.05, 4.69) is 24.3 Å². The van der Waals surface area contributed by atoms with E-state index in [0.717, 1.165) is 13.1 Å². The van der Waals surface area contributed by atoms with Crippen molar-refractivity contribution in [1.82, 2.24) is 10.2 Å². The molecule has 0 aromatic rings. The Kier molecular flexibility index (Phi) is 8.98. The van der Waals surface area contributed by atoms with Gasteiger partial charge in [-0.25, -0.2) is 0 Å². The van der Waals surface area contributed by atoms with Crippen LogP contribution in [0.1, 0.15) is 12.8 Å². The van der Waals surface area contributed by atoms with Gasteiger partial charge in [-0.3, -0.25) is 0 Å². The molecule has 0 aliphatic rings. The van der Waals surface area contributed by atoms with Crippen LogP contribution in [0.15, 0.2) is 10.6 Å². The van der Waals surface area contributed by atoms with Crippen molar-refractivity contribution in [3.63, 3.8) is 0 Å². The van der Waals surface area contributed by atoms with Crippen LogP contribution in [0.4, 0.5) is 0 Å². The zero-order chi connectivity index (χ0) is 10.1.